The number of pyridine rings is 1. The minimum Gasteiger partial charge on any atom is -0.480 e. The number of benzene rings is 1. The van der Waals surface area contributed by atoms with Crippen LogP contribution < -0.4 is 4.74 Å². The number of piperidine rings is 1. The highest BCUT2D eigenvalue weighted by Crippen LogP contribution is 2.32. The fraction of sp³-hybridized carbons (Fsp3) is 0.429. The number of carbonyl (C=O) groups excluding carboxylic acids is 1. The zero-order valence-electron chi connectivity index (χ0n) is 14.6. The molecule has 0 radical (unpaired) electrons. The summed E-state index contributed by atoms with van der Waals surface area (Å²) in [4.78, 5) is 19.0. The number of rotatable bonds is 3. The Hall–Kier alpha value is -2.36. The molecule has 1 atom stereocenters. The Balaban J connectivity index is 1.32. The van der Waals surface area contributed by atoms with E-state index in [0.29, 0.717) is 12.3 Å². The highest BCUT2D eigenvalue weighted by atomic mass is 16.5. The fourth-order valence-electron chi connectivity index (χ4n) is 3.98. The van der Waals surface area contributed by atoms with Crippen molar-refractivity contribution in [2.45, 2.75) is 38.7 Å². The Bertz CT molecular complexity index is 752. The van der Waals surface area contributed by atoms with Gasteiger partial charge in [-0.05, 0) is 55.4 Å². The molecule has 4 heteroatoms. The maximum absolute atomic E-state index is 12.8. The number of aromatic nitrogens is 1. The van der Waals surface area contributed by atoms with Gasteiger partial charge in [0.15, 0.2) is 6.10 Å². The Morgan fingerprint density at radius 3 is 2.80 bits per heavy atom. The Morgan fingerprint density at radius 1 is 1.24 bits per heavy atom. The summed E-state index contributed by atoms with van der Waals surface area (Å²) in [6.07, 6.45) is 7.29. The van der Waals surface area contributed by atoms with E-state index >= 15 is 0 Å². The highest BCUT2D eigenvalue weighted by Gasteiger charge is 2.34. The van der Waals surface area contributed by atoms with Gasteiger partial charge in [-0.15, -0.1) is 0 Å². The van der Waals surface area contributed by atoms with Gasteiger partial charge < -0.3 is 9.64 Å². The molecule has 2 aliphatic rings. The number of aryl methyl sites for hydroxylation is 1. The van der Waals surface area contributed by atoms with Crippen molar-refractivity contribution < 1.29 is 9.53 Å². The summed E-state index contributed by atoms with van der Waals surface area (Å²) in [6.45, 7) is 3.75. The van der Waals surface area contributed by atoms with Crippen molar-refractivity contribution in [1.29, 1.82) is 0 Å². The number of hydrogen-bond donors (Lipinski definition) is 0. The van der Waals surface area contributed by atoms with Gasteiger partial charge in [-0.2, -0.15) is 0 Å². The molecule has 0 bridgehead atoms. The highest BCUT2D eigenvalue weighted by molar-refractivity contribution is 5.83. The SMILES string of the molecule is Cc1cccc2c1CC(C(=O)N1CCC(Cc3cccnc3)CC1)O2. The van der Waals surface area contributed by atoms with E-state index in [1.807, 2.05) is 35.5 Å². The molecule has 1 aromatic carbocycles. The first-order valence-electron chi connectivity index (χ1n) is 9.13. The Kier molecular flexibility index (Phi) is 4.43. The van der Waals surface area contributed by atoms with Crippen LogP contribution in [-0.4, -0.2) is 35.0 Å². The van der Waals surface area contributed by atoms with E-state index in [0.717, 1.165) is 38.1 Å². The summed E-state index contributed by atoms with van der Waals surface area (Å²) in [5.74, 6) is 1.66. The molecule has 2 aromatic rings. The third-order valence-corrected chi connectivity index (χ3v) is 5.47. The number of amides is 1. The van der Waals surface area contributed by atoms with Crippen LogP contribution in [0.5, 0.6) is 5.75 Å². The van der Waals surface area contributed by atoms with Gasteiger partial charge in [0, 0.05) is 37.5 Å². The lowest BCUT2D eigenvalue weighted by Gasteiger charge is -2.33. The normalized spacial score (nSPS) is 20.2. The molecule has 1 aromatic heterocycles. The topological polar surface area (TPSA) is 42.4 Å². The summed E-state index contributed by atoms with van der Waals surface area (Å²) in [7, 11) is 0. The van der Waals surface area contributed by atoms with Crippen LogP contribution in [0, 0.1) is 12.8 Å². The van der Waals surface area contributed by atoms with Crippen molar-refractivity contribution >= 4 is 5.91 Å². The summed E-state index contributed by atoms with van der Waals surface area (Å²) in [6, 6.07) is 10.2. The minimum absolute atomic E-state index is 0.149. The molecule has 0 aliphatic carbocycles. The van der Waals surface area contributed by atoms with Crippen molar-refractivity contribution in [2.75, 3.05) is 13.1 Å². The predicted molar refractivity (Wildman–Crippen MR) is 96.5 cm³/mol. The Labute approximate surface area is 148 Å². The summed E-state index contributed by atoms with van der Waals surface area (Å²) in [5.41, 5.74) is 3.69. The molecule has 130 valence electrons. The molecular formula is C21H24N2O2. The van der Waals surface area contributed by atoms with Crippen molar-refractivity contribution in [3.05, 3.63) is 59.4 Å². The maximum Gasteiger partial charge on any atom is 0.263 e. The summed E-state index contributed by atoms with van der Waals surface area (Å²) in [5, 5.41) is 0. The molecule has 1 saturated heterocycles. The number of carbonyl (C=O) groups is 1. The second kappa shape index (κ2) is 6.87. The first-order chi connectivity index (χ1) is 12.2. The number of nitrogens with zero attached hydrogens (tertiary/aromatic N) is 2. The fourth-order valence-corrected chi connectivity index (χ4v) is 3.98. The van der Waals surface area contributed by atoms with Crippen molar-refractivity contribution in [3.63, 3.8) is 0 Å². The van der Waals surface area contributed by atoms with Crippen LogP contribution in [0.4, 0.5) is 0 Å². The largest absolute Gasteiger partial charge is 0.480 e. The van der Waals surface area contributed by atoms with Crippen LogP contribution in [0.25, 0.3) is 0 Å². The average molecular weight is 336 g/mol. The molecule has 2 aliphatic heterocycles. The molecule has 1 amide bonds. The van der Waals surface area contributed by atoms with Gasteiger partial charge in [-0.3, -0.25) is 9.78 Å². The lowest BCUT2D eigenvalue weighted by molar-refractivity contribution is -0.139. The van der Waals surface area contributed by atoms with E-state index in [2.05, 4.69) is 24.0 Å². The molecule has 4 nitrogen and oxygen atoms in total. The van der Waals surface area contributed by atoms with Crippen LogP contribution >= 0.6 is 0 Å². The molecule has 25 heavy (non-hydrogen) atoms. The summed E-state index contributed by atoms with van der Waals surface area (Å²) < 4.78 is 5.93. The second-order valence-electron chi connectivity index (χ2n) is 7.20. The van der Waals surface area contributed by atoms with Gasteiger partial charge in [-0.25, -0.2) is 0 Å². The van der Waals surface area contributed by atoms with Crippen LogP contribution in [-0.2, 0) is 17.6 Å². The zero-order chi connectivity index (χ0) is 17.2. The van der Waals surface area contributed by atoms with Gasteiger partial charge in [0.05, 0.1) is 0 Å². The first kappa shape index (κ1) is 16.1. The first-order valence-corrected chi connectivity index (χ1v) is 9.13. The minimum atomic E-state index is -0.342. The monoisotopic (exact) mass is 336 g/mol. The van der Waals surface area contributed by atoms with Crippen LogP contribution in [0.1, 0.15) is 29.5 Å². The van der Waals surface area contributed by atoms with E-state index in [1.54, 1.807) is 0 Å². The number of hydrogen-bond acceptors (Lipinski definition) is 3. The average Bonchev–Trinajstić information content (AvgIpc) is 3.08. The summed E-state index contributed by atoms with van der Waals surface area (Å²) >= 11 is 0. The third-order valence-electron chi connectivity index (χ3n) is 5.47. The van der Waals surface area contributed by atoms with Gasteiger partial charge in [0.2, 0.25) is 0 Å². The van der Waals surface area contributed by atoms with Gasteiger partial charge in [0.25, 0.3) is 5.91 Å². The van der Waals surface area contributed by atoms with E-state index in [-0.39, 0.29) is 12.0 Å². The van der Waals surface area contributed by atoms with Gasteiger partial charge in [0.1, 0.15) is 5.75 Å². The molecule has 3 heterocycles. The molecular weight excluding hydrogens is 312 g/mol. The molecule has 0 saturated carbocycles. The number of likely N-dealkylation sites (tertiary alicyclic amines) is 1. The van der Waals surface area contributed by atoms with Crippen LogP contribution in [0.3, 0.4) is 0 Å². The lowest BCUT2D eigenvalue weighted by atomic mass is 9.90. The van der Waals surface area contributed by atoms with Gasteiger partial charge >= 0.3 is 0 Å². The number of fused-ring (bicyclic) bond motifs is 1. The van der Waals surface area contributed by atoms with Crippen molar-refractivity contribution in [1.82, 2.24) is 9.88 Å². The predicted octanol–water partition coefficient (Wildman–Crippen LogP) is 3.17. The van der Waals surface area contributed by atoms with E-state index in [9.17, 15) is 4.79 Å². The van der Waals surface area contributed by atoms with Crippen molar-refractivity contribution in [2.24, 2.45) is 5.92 Å². The maximum atomic E-state index is 12.8. The lowest BCUT2D eigenvalue weighted by Crippen LogP contribution is -2.45. The standard InChI is InChI=1S/C21H24N2O2/c1-15-4-2-6-19-18(15)13-20(25-19)21(24)23-10-7-16(8-11-23)12-17-5-3-9-22-14-17/h2-6,9,14,16,20H,7-8,10-13H2,1H3. The van der Waals surface area contributed by atoms with Crippen LogP contribution in [0.2, 0.25) is 0 Å². The molecule has 0 N–H and O–H groups in total. The zero-order valence-corrected chi connectivity index (χ0v) is 14.6. The molecule has 1 unspecified atom stereocenters. The molecule has 1 fully saturated rings. The Morgan fingerprint density at radius 2 is 2.08 bits per heavy atom. The van der Waals surface area contributed by atoms with Crippen molar-refractivity contribution in [3.8, 4) is 5.75 Å². The quantitative estimate of drug-likeness (QED) is 0.864. The van der Waals surface area contributed by atoms with Gasteiger partial charge in [-0.1, -0.05) is 18.2 Å². The van der Waals surface area contributed by atoms with E-state index < -0.39 is 0 Å². The molecule has 0 spiro atoms. The molecule has 4 rings (SSSR count). The second-order valence-corrected chi connectivity index (χ2v) is 7.20. The van der Waals surface area contributed by atoms with Crippen LogP contribution in [0.15, 0.2) is 42.7 Å². The number of ether oxygens (including phenoxy) is 1. The van der Waals surface area contributed by atoms with E-state index in [4.69, 9.17) is 4.74 Å². The smallest absolute Gasteiger partial charge is 0.263 e. The third kappa shape index (κ3) is 3.39. The van der Waals surface area contributed by atoms with E-state index in [1.165, 1.54) is 16.7 Å².